The highest BCUT2D eigenvalue weighted by atomic mass is 32.2. The molecule has 0 fully saturated rings. The largest absolute Gasteiger partial charge is 0.337 e. The summed E-state index contributed by atoms with van der Waals surface area (Å²) < 4.78 is 0. The first kappa shape index (κ1) is 16.4. The van der Waals surface area contributed by atoms with Crippen LogP contribution < -0.4 is 5.32 Å². The van der Waals surface area contributed by atoms with Gasteiger partial charge >= 0.3 is 6.03 Å². The highest BCUT2D eigenvalue weighted by Crippen LogP contribution is 2.17. The number of carbonyl (C=O) groups is 1. The van der Waals surface area contributed by atoms with Gasteiger partial charge in [-0.1, -0.05) is 48.0 Å². The van der Waals surface area contributed by atoms with Gasteiger partial charge in [-0.3, -0.25) is 0 Å². The van der Waals surface area contributed by atoms with Crippen LogP contribution in [0.25, 0.3) is 0 Å². The quantitative estimate of drug-likeness (QED) is 0.647. The first-order valence-electron chi connectivity index (χ1n) is 7.37. The van der Waals surface area contributed by atoms with Crippen LogP contribution in [0.5, 0.6) is 0 Å². The van der Waals surface area contributed by atoms with E-state index in [0.29, 0.717) is 13.1 Å². The van der Waals surface area contributed by atoms with E-state index in [-0.39, 0.29) is 6.03 Å². The number of carbonyl (C=O) groups excluding carboxylic acids is 1. The van der Waals surface area contributed by atoms with Gasteiger partial charge in [-0.05, 0) is 24.6 Å². The number of nitrogens with one attached hydrogen (secondary N) is 1. The summed E-state index contributed by atoms with van der Waals surface area (Å²) >= 11 is 1.75. The zero-order chi connectivity index (χ0) is 15.8. The van der Waals surface area contributed by atoms with Gasteiger partial charge in [0.1, 0.15) is 0 Å². The minimum atomic E-state index is -0.0339. The van der Waals surface area contributed by atoms with Gasteiger partial charge in [0, 0.05) is 30.8 Å². The topological polar surface area (TPSA) is 32.3 Å². The second kappa shape index (κ2) is 8.49. The Kier molecular flexibility index (Phi) is 6.34. The lowest BCUT2D eigenvalue weighted by molar-refractivity contribution is 0.207. The van der Waals surface area contributed by atoms with E-state index in [0.717, 1.165) is 11.3 Å². The molecule has 0 saturated heterocycles. The third-order valence-electron chi connectivity index (χ3n) is 3.28. The van der Waals surface area contributed by atoms with Gasteiger partial charge in [0.2, 0.25) is 0 Å². The first-order chi connectivity index (χ1) is 10.6. The van der Waals surface area contributed by atoms with Crippen molar-refractivity contribution < 1.29 is 4.79 Å². The smallest absolute Gasteiger partial charge is 0.317 e. The molecule has 1 N–H and O–H groups in total. The molecule has 116 valence electrons. The van der Waals surface area contributed by atoms with E-state index < -0.39 is 0 Å². The second-order valence-corrected chi connectivity index (χ2v) is 6.40. The molecule has 0 aliphatic rings. The Bertz CT molecular complexity index is 584. The molecule has 2 aromatic rings. The lowest BCUT2D eigenvalue weighted by Gasteiger charge is -2.18. The predicted molar refractivity (Wildman–Crippen MR) is 93.2 cm³/mol. The van der Waals surface area contributed by atoms with Crippen LogP contribution in [0.2, 0.25) is 0 Å². The number of rotatable bonds is 6. The predicted octanol–water partition coefficient (Wildman–Crippen LogP) is 3.93. The number of nitrogens with zero attached hydrogens (tertiary/aromatic N) is 1. The van der Waals surface area contributed by atoms with Crippen molar-refractivity contribution in [3.05, 3.63) is 65.7 Å². The molecule has 4 heteroatoms. The molecule has 0 aromatic heterocycles. The van der Waals surface area contributed by atoms with Gasteiger partial charge < -0.3 is 10.2 Å². The van der Waals surface area contributed by atoms with Crippen molar-refractivity contribution in [2.45, 2.75) is 18.4 Å². The number of thioether (sulfide) groups is 1. The molecule has 2 aromatic carbocycles. The van der Waals surface area contributed by atoms with E-state index in [1.807, 2.05) is 37.4 Å². The lowest BCUT2D eigenvalue weighted by atomic mass is 10.2. The van der Waals surface area contributed by atoms with Crippen LogP contribution in [0.3, 0.4) is 0 Å². The van der Waals surface area contributed by atoms with Crippen molar-refractivity contribution in [3.63, 3.8) is 0 Å². The summed E-state index contributed by atoms with van der Waals surface area (Å²) in [6.07, 6.45) is 0. The molecule has 2 rings (SSSR count). The van der Waals surface area contributed by atoms with Crippen LogP contribution in [0.1, 0.15) is 11.1 Å². The van der Waals surface area contributed by atoms with Gasteiger partial charge in [0.05, 0.1) is 0 Å². The van der Waals surface area contributed by atoms with Crippen molar-refractivity contribution in [1.29, 1.82) is 0 Å². The Labute approximate surface area is 136 Å². The second-order valence-electron chi connectivity index (χ2n) is 5.24. The number of amides is 2. The molecule has 2 amide bonds. The minimum Gasteiger partial charge on any atom is -0.337 e. The molecule has 0 heterocycles. The van der Waals surface area contributed by atoms with E-state index in [2.05, 4.69) is 36.5 Å². The summed E-state index contributed by atoms with van der Waals surface area (Å²) in [4.78, 5) is 14.9. The maximum atomic E-state index is 12.0. The van der Waals surface area contributed by atoms with Crippen molar-refractivity contribution in [1.82, 2.24) is 10.2 Å². The van der Waals surface area contributed by atoms with E-state index in [1.165, 1.54) is 10.5 Å². The standard InChI is InChI=1S/C18H22N2OS/c1-15-8-10-17(11-9-15)22-13-12-19-18(21)20(2)14-16-6-4-3-5-7-16/h3-11H,12-14H2,1-2H3,(H,19,21). The van der Waals surface area contributed by atoms with E-state index in [9.17, 15) is 4.79 Å². The SMILES string of the molecule is Cc1ccc(SCCNC(=O)N(C)Cc2ccccc2)cc1. The van der Waals surface area contributed by atoms with Crippen LogP contribution in [-0.4, -0.2) is 30.3 Å². The van der Waals surface area contributed by atoms with Crippen LogP contribution in [-0.2, 0) is 6.54 Å². The normalized spacial score (nSPS) is 10.3. The summed E-state index contributed by atoms with van der Waals surface area (Å²) in [5.41, 5.74) is 2.40. The van der Waals surface area contributed by atoms with E-state index >= 15 is 0 Å². The first-order valence-corrected chi connectivity index (χ1v) is 8.36. The van der Waals surface area contributed by atoms with Gasteiger partial charge in [-0.15, -0.1) is 11.8 Å². The van der Waals surface area contributed by atoms with Crippen LogP contribution in [0.15, 0.2) is 59.5 Å². The summed E-state index contributed by atoms with van der Waals surface area (Å²) in [6, 6.07) is 18.4. The van der Waals surface area contributed by atoms with Gasteiger partial charge in [-0.25, -0.2) is 4.79 Å². The average molecular weight is 314 g/mol. The third-order valence-corrected chi connectivity index (χ3v) is 4.29. The Balaban J connectivity index is 1.67. The zero-order valence-electron chi connectivity index (χ0n) is 13.1. The Hall–Kier alpha value is -1.94. The molecule has 0 saturated carbocycles. The summed E-state index contributed by atoms with van der Waals surface area (Å²) in [5, 5.41) is 2.95. The Morgan fingerprint density at radius 2 is 1.77 bits per heavy atom. The molecule has 0 unspecified atom stereocenters. The minimum absolute atomic E-state index is 0.0339. The number of hydrogen-bond acceptors (Lipinski definition) is 2. The van der Waals surface area contributed by atoms with Crippen LogP contribution in [0, 0.1) is 6.92 Å². The molecular formula is C18H22N2OS. The van der Waals surface area contributed by atoms with Crippen molar-refractivity contribution in [2.75, 3.05) is 19.3 Å². The summed E-state index contributed by atoms with van der Waals surface area (Å²) in [7, 11) is 1.81. The molecule has 22 heavy (non-hydrogen) atoms. The number of benzene rings is 2. The maximum absolute atomic E-state index is 12.0. The molecule has 0 bridgehead atoms. The van der Waals surface area contributed by atoms with Crippen LogP contribution >= 0.6 is 11.8 Å². The molecule has 0 atom stereocenters. The summed E-state index contributed by atoms with van der Waals surface area (Å²) in [6.45, 7) is 3.37. The summed E-state index contributed by atoms with van der Waals surface area (Å²) in [5.74, 6) is 0.869. The monoisotopic (exact) mass is 314 g/mol. The number of aryl methyl sites for hydroxylation is 1. The van der Waals surface area contributed by atoms with Crippen molar-refractivity contribution in [3.8, 4) is 0 Å². The van der Waals surface area contributed by atoms with Crippen molar-refractivity contribution in [2.24, 2.45) is 0 Å². The van der Waals surface area contributed by atoms with E-state index in [1.54, 1.807) is 16.7 Å². The molecular weight excluding hydrogens is 292 g/mol. The third kappa shape index (κ3) is 5.45. The molecule has 0 spiro atoms. The number of hydrogen-bond donors (Lipinski definition) is 1. The fourth-order valence-corrected chi connectivity index (χ4v) is 2.79. The number of urea groups is 1. The lowest BCUT2D eigenvalue weighted by Crippen LogP contribution is -2.37. The molecule has 0 radical (unpaired) electrons. The fraction of sp³-hybridized carbons (Fsp3) is 0.278. The van der Waals surface area contributed by atoms with Gasteiger partial charge in [0.15, 0.2) is 0 Å². The highest BCUT2D eigenvalue weighted by Gasteiger charge is 2.07. The van der Waals surface area contributed by atoms with E-state index in [4.69, 9.17) is 0 Å². The zero-order valence-corrected chi connectivity index (χ0v) is 13.9. The van der Waals surface area contributed by atoms with Gasteiger partial charge in [0.25, 0.3) is 0 Å². The Morgan fingerprint density at radius 1 is 1.09 bits per heavy atom. The van der Waals surface area contributed by atoms with Crippen LogP contribution in [0.4, 0.5) is 4.79 Å². The van der Waals surface area contributed by atoms with Crippen molar-refractivity contribution >= 4 is 17.8 Å². The maximum Gasteiger partial charge on any atom is 0.317 e. The molecule has 0 aliphatic carbocycles. The fourth-order valence-electron chi connectivity index (χ4n) is 2.03. The Morgan fingerprint density at radius 3 is 2.45 bits per heavy atom. The average Bonchev–Trinajstić information content (AvgIpc) is 2.54. The molecule has 3 nitrogen and oxygen atoms in total. The van der Waals surface area contributed by atoms with Gasteiger partial charge in [-0.2, -0.15) is 0 Å². The highest BCUT2D eigenvalue weighted by molar-refractivity contribution is 7.99. The molecule has 0 aliphatic heterocycles.